The van der Waals surface area contributed by atoms with Gasteiger partial charge in [-0.3, -0.25) is 4.79 Å². The number of hydrogen-bond acceptors (Lipinski definition) is 8. The molecule has 1 atom stereocenters. The Hall–Kier alpha value is -1.25. The van der Waals surface area contributed by atoms with Crippen molar-refractivity contribution >= 4 is 40.8 Å². The molecule has 0 fully saturated rings. The summed E-state index contributed by atoms with van der Waals surface area (Å²) in [6.07, 6.45) is 0. The van der Waals surface area contributed by atoms with Crippen molar-refractivity contribution in [1.29, 1.82) is 0 Å². The van der Waals surface area contributed by atoms with Gasteiger partial charge in [0.2, 0.25) is 0 Å². The summed E-state index contributed by atoms with van der Waals surface area (Å²) < 4.78 is 11.5. The van der Waals surface area contributed by atoms with Gasteiger partial charge in [-0.1, -0.05) is 47.0 Å². The van der Waals surface area contributed by atoms with Crippen molar-refractivity contribution in [1.82, 2.24) is 10.2 Å². The van der Waals surface area contributed by atoms with Gasteiger partial charge in [-0.05, 0) is 24.6 Å². The summed E-state index contributed by atoms with van der Waals surface area (Å²) in [4.78, 5) is 11.4. The number of nitrogens with zero attached hydrogens (tertiary/aromatic N) is 2. The molecule has 5 nitrogen and oxygen atoms in total. The third-order valence-electron chi connectivity index (χ3n) is 2.72. The van der Waals surface area contributed by atoms with Gasteiger partial charge >= 0.3 is 5.97 Å². The first-order chi connectivity index (χ1) is 10.6. The van der Waals surface area contributed by atoms with Crippen molar-refractivity contribution in [3.8, 4) is 5.75 Å². The molecule has 2 rings (SSSR count). The van der Waals surface area contributed by atoms with Gasteiger partial charge in [0, 0.05) is 5.75 Å². The molecule has 8 heteroatoms. The van der Waals surface area contributed by atoms with Crippen LogP contribution in [0.4, 0.5) is 0 Å². The number of carbonyl (C=O) groups excluding carboxylic acids is 1. The number of aromatic nitrogens is 2. The maximum absolute atomic E-state index is 11.4. The molecule has 0 aliphatic rings. The number of benzene rings is 1. The lowest BCUT2D eigenvalue weighted by atomic mass is 10.2. The summed E-state index contributed by atoms with van der Waals surface area (Å²) in [5, 5.41) is 7.95. The van der Waals surface area contributed by atoms with Crippen LogP contribution in [0, 0.1) is 0 Å². The number of thioether (sulfide) groups is 2. The van der Waals surface area contributed by atoms with Crippen LogP contribution in [0.3, 0.4) is 0 Å². The molecule has 22 heavy (non-hydrogen) atoms. The molecule has 0 radical (unpaired) electrons. The van der Waals surface area contributed by atoms with Gasteiger partial charge in [0.15, 0.2) is 8.68 Å². The highest BCUT2D eigenvalue weighted by atomic mass is 32.2. The third-order valence-corrected chi connectivity index (χ3v) is 6.01. The molecule has 0 spiro atoms. The number of esters is 1. The van der Waals surface area contributed by atoms with Crippen molar-refractivity contribution in [2.75, 3.05) is 14.2 Å². The molecule has 1 aromatic carbocycles. The van der Waals surface area contributed by atoms with E-state index in [1.165, 1.54) is 35.8 Å². The average Bonchev–Trinajstić information content (AvgIpc) is 3.00. The normalized spacial score (nSPS) is 12.0. The molecule has 0 N–H and O–H groups in total. The van der Waals surface area contributed by atoms with Crippen molar-refractivity contribution in [3.63, 3.8) is 0 Å². The first-order valence-electron chi connectivity index (χ1n) is 6.46. The van der Waals surface area contributed by atoms with E-state index in [9.17, 15) is 4.79 Å². The summed E-state index contributed by atoms with van der Waals surface area (Å²) in [6.45, 7) is 1.79. The SMILES string of the molecule is COC(=O)[C@@H](C)Sc1nnc(SCc2ccc(OC)cc2)s1. The van der Waals surface area contributed by atoms with Crippen LogP contribution in [0.15, 0.2) is 32.9 Å². The van der Waals surface area contributed by atoms with E-state index in [1.54, 1.807) is 25.8 Å². The molecule has 0 bridgehead atoms. The summed E-state index contributed by atoms with van der Waals surface area (Å²) in [5.41, 5.74) is 1.19. The van der Waals surface area contributed by atoms with Gasteiger partial charge in [-0.2, -0.15) is 0 Å². The molecular formula is C14H16N2O3S3. The highest BCUT2D eigenvalue weighted by Crippen LogP contribution is 2.33. The number of methoxy groups -OCH3 is 2. The Bertz CT molecular complexity index is 616. The largest absolute Gasteiger partial charge is 0.497 e. The lowest BCUT2D eigenvalue weighted by molar-refractivity contribution is -0.139. The van der Waals surface area contributed by atoms with E-state index in [1.807, 2.05) is 24.3 Å². The van der Waals surface area contributed by atoms with Crippen molar-refractivity contribution in [3.05, 3.63) is 29.8 Å². The Morgan fingerprint density at radius 3 is 2.55 bits per heavy atom. The second kappa shape index (κ2) is 8.40. The van der Waals surface area contributed by atoms with E-state index >= 15 is 0 Å². The molecule has 1 aromatic heterocycles. The predicted molar refractivity (Wildman–Crippen MR) is 89.8 cm³/mol. The minimum Gasteiger partial charge on any atom is -0.497 e. The number of hydrogen-bond donors (Lipinski definition) is 0. The lowest BCUT2D eigenvalue weighted by Crippen LogP contribution is -2.14. The Morgan fingerprint density at radius 2 is 1.91 bits per heavy atom. The first-order valence-corrected chi connectivity index (χ1v) is 9.14. The van der Waals surface area contributed by atoms with Crippen LogP contribution in [0.5, 0.6) is 5.75 Å². The molecule has 2 aromatic rings. The fourth-order valence-electron chi connectivity index (χ4n) is 1.54. The molecule has 118 valence electrons. The van der Waals surface area contributed by atoms with Crippen LogP contribution in [-0.2, 0) is 15.3 Å². The fourth-order valence-corrected chi connectivity index (χ4v) is 4.68. The Labute approximate surface area is 141 Å². The fraction of sp³-hybridized carbons (Fsp3) is 0.357. The van der Waals surface area contributed by atoms with Crippen molar-refractivity contribution in [2.45, 2.75) is 26.6 Å². The van der Waals surface area contributed by atoms with Crippen molar-refractivity contribution < 1.29 is 14.3 Å². The van der Waals surface area contributed by atoms with Gasteiger partial charge in [0.25, 0.3) is 0 Å². The highest BCUT2D eigenvalue weighted by Gasteiger charge is 2.17. The van der Waals surface area contributed by atoms with E-state index in [2.05, 4.69) is 10.2 Å². The van der Waals surface area contributed by atoms with Gasteiger partial charge in [0.1, 0.15) is 11.0 Å². The molecule has 0 amide bonds. The van der Waals surface area contributed by atoms with E-state index in [4.69, 9.17) is 9.47 Å². The number of rotatable bonds is 7. The minimum absolute atomic E-state index is 0.257. The Morgan fingerprint density at radius 1 is 1.23 bits per heavy atom. The zero-order chi connectivity index (χ0) is 15.9. The minimum atomic E-state index is -0.280. The standard InChI is InChI=1S/C14H16N2O3S3/c1-9(12(17)19-3)21-14-16-15-13(22-14)20-8-10-4-6-11(18-2)7-5-10/h4-7,9H,8H2,1-3H3/t9-/m1/s1. The Kier molecular flexibility index (Phi) is 6.53. The van der Waals surface area contributed by atoms with E-state index < -0.39 is 0 Å². The predicted octanol–water partition coefficient (Wildman–Crippen LogP) is 3.49. The van der Waals surface area contributed by atoms with Gasteiger partial charge in [-0.25, -0.2) is 0 Å². The van der Waals surface area contributed by atoms with Crippen LogP contribution in [-0.4, -0.2) is 35.6 Å². The molecular weight excluding hydrogens is 340 g/mol. The summed E-state index contributed by atoms with van der Waals surface area (Å²) in [5.74, 6) is 1.41. The summed E-state index contributed by atoms with van der Waals surface area (Å²) in [6, 6.07) is 7.94. The smallest absolute Gasteiger partial charge is 0.318 e. The highest BCUT2D eigenvalue weighted by molar-refractivity contribution is 8.03. The van der Waals surface area contributed by atoms with Crippen LogP contribution >= 0.6 is 34.9 Å². The van der Waals surface area contributed by atoms with Crippen LogP contribution in [0.2, 0.25) is 0 Å². The quantitative estimate of drug-likeness (QED) is 0.556. The summed E-state index contributed by atoms with van der Waals surface area (Å²) in [7, 11) is 3.04. The summed E-state index contributed by atoms with van der Waals surface area (Å²) >= 11 is 4.48. The topological polar surface area (TPSA) is 61.3 Å². The number of ether oxygens (including phenoxy) is 2. The molecule has 0 saturated heterocycles. The second-order valence-electron chi connectivity index (χ2n) is 4.25. The van der Waals surface area contributed by atoms with E-state index in [-0.39, 0.29) is 11.2 Å². The van der Waals surface area contributed by atoms with Gasteiger partial charge in [0.05, 0.1) is 14.2 Å². The molecule has 1 heterocycles. The van der Waals surface area contributed by atoms with Crippen LogP contribution in [0.25, 0.3) is 0 Å². The third kappa shape index (κ3) is 4.89. The Balaban J connectivity index is 1.87. The van der Waals surface area contributed by atoms with Crippen molar-refractivity contribution in [2.24, 2.45) is 0 Å². The molecule has 0 saturated carbocycles. The molecule has 0 aliphatic heterocycles. The zero-order valence-electron chi connectivity index (χ0n) is 12.4. The second-order valence-corrected chi connectivity index (χ2v) is 8.04. The molecule has 0 unspecified atom stereocenters. The van der Waals surface area contributed by atoms with Crippen LogP contribution < -0.4 is 4.74 Å². The average molecular weight is 356 g/mol. The van der Waals surface area contributed by atoms with Crippen LogP contribution in [0.1, 0.15) is 12.5 Å². The van der Waals surface area contributed by atoms with E-state index in [0.29, 0.717) is 0 Å². The monoisotopic (exact) mass is 356 g/mol. The number of carbonyl (C=O) groups is 1. The maximum atomic E-state index is 11.4. The van der Waals surface area contributed by atoms with E-state index in [0.717, 1.165) is 20.2 Å². The van der Waals surface area contributed by atoms with Gasteiger partial charge < -0.3 is 9.47 Å². The zero-order valence-corrected chi connectivity index (χ0v) is 14.9. The lowest BCUT2D eigenvalue weighted by Gasteiger charge is -2.04. The maximum Gasteiger partial charge on any atom is 0.318 e. The molecule has 0 aliphatic carbocycles. The van der Waals surface area contributed by atoms with Gasteiger partial charge in [-0.15, -0.1) is 10.2 Å². The first kappa shape index (κ1) is 17.1.